The number of anilines is 1. The van der Waals surface area contributed by atoms with E-state index in [2.05, 4.69) is 15.5 Å². The van der Waals surface area contributed by atoms with E-state index in [4.69, 9.17) is 27.9 Å². The molecular weight excluding hydrogens is 626 g/mol. The number of carbonyl (C=O) groups excluding carboxylic acids is 2. The Morgan fingerprint density at radius 2 is 2.00 bits per heavy atom. The van der Waals surface area contributed by atoms with E-state index in [0.717, 1.165) is 18.9 Å². The van der Waals surface area contributed by atoms with E-state index in [0.29, 0.717) is 28.7 Å². The number of ether oxygens (including phenoxy) is 1. The molecule has 3 aromatic carbocycles. The minimum absolute atomic E-state index is 0.0262. The predicted molar refractivity (Wildman–Crippen MR) is 166 cm³/mol. The Balaban J connectivity index is 1.53. The summed E-state index contributed by atoms with van der Waals surface area (Å²) in [6.07, 6.45) is 2.19. The number of carbonyl (C=O) groups is 2. The molecule has 10 nitrogen and oxygen atoms in total. The van der Waals surface area contributed by atoms with Crippen LogP contribution in [0.2, 0.25) is 10.0 Å². The molecule has 13 heteroatoms. The minimum Gasteiger partial charge on any atom is -0.465 e. The van der Waals surface area contributed by atoms with Crippen LogP contribution in [0.5, 0.6) is 0 Å². The molecule has 2 heterocycles. The topological polar surface area (TPSA) is 134 Å². The number of aliphatic hydroxyl groups is 1. The molecule has 2 aliphatic heterocycles. The molecule has 0 radical (unpaired) electrons. The van der Waals surface area contributed by atoms with E-state index in [1.54, 1.807) is 30.3 Å². The number of fused-ring (bicyclic) bond motifs is 2. The number of nitrogens with one attached hydrogen (secondary N) is 2. The third-order valence-corrected chi connectivity index (χ3v) is 9.72. The lowest BCUT2D eigenvalue weighted by Gasteiger charge is -2.40. The maximum Gasteiger partial charge on any atom is 0.338 e. The van der Waals surface area contributed by atoms with Gasteiger partial charge in [-0.25, -0.2) is 9.18 Å². The van der Waals surface area contributed by atoms with Crippen molar-refractivity contribution in [3.63, 3.8) is 0 Å². The van der Waals surface area contributed by atoms with Gasteiger partial charge in [-0.15, -0.1) is 0 Å². The summed E-state index contributed by atoms with van der Waals surface area (Å²) in [5.74, 6) is -2.30. The molecule has 2 fully saturated rings. The second kappa shape index (κ2) is 12.3. The van der Waals surface area contributed by atoms with Crippen molar-refractivity contribution in [2.24, 2.45) is 5.92 Å². The monoisotopic (exact) mass is 656 g/mol. The Morgan fingerprint density at radius 1 is 1.22 bits per heavy atom. The Hall–Kier alpha value is -3.61. The number of rotatable bonds is 10. The quantitative estimate of drug-likeness (QED) is 0.150. The van der Waals surface area contributed by atoms with Crippen molar-refractivity contribution in [3.8, 4) is 0 Å². The predicted octanol–water partition coefficient (Wildman–Crippen LogP) is 5.39. The summed E-state index contributed by atoms with van der Waals surface area (Å²) in [7, 11) is 1.19. The number of likely N-dealkylation sites (tertiary alicyclic amines) is 1. The van der Waals surface area contributed by atoms with Gasteiger partial charge in [0.1, 0.15) is 11.4 Å². The van der Waals surface area contributed by atoms with Crippen molar-refractivity contribution in [1.29, 1.82) is 0 Å². The summed E-state index contributed by atoms with van der Waals surface area (Å²) in [4.78, 5) is 40.1. The van der Waals surface area contributed by atoms with Crippen LogP contribution in [0.15, 0.2) is 54.6 Å². The summed E-state index contributed by atoms with van der Waals surface area (Å²) >= 11 is 12.7. The summed E-state index contributed by atoms with van der Waals surface area (Å²) < 4.78 is 20.8. The molecule has 1 amide bonds. The van der Waals surface area contributed by atoms with E-state index < -0.39 is 40.3 Å². The number of benzene rings is 3. The number of esters is 1. The number of nitrogens with zero attached hydrogens (tertiary/aromatic N) is 2. The number of methoxy groups -OCH3 is 1. The first kappa shape index (κ1) is 31.4. The third kappa shape index (κ3) is 5.36. The molecule has 1 saturated carbocycles. The molecule has 1 spiro atoms. The van der Waals surface area contributed by atoms with Crippen molar-refractivity contribution >= 4 is 46.5 Å². The number of halogens is 3. The van der Waals surface area contributed by atoms with Gasteiger partial charge < -0.3 is 20.5 Å². The molecule has 236 valence electrons. The fraction of sp³-hybridized carbons (Fsp3) is 0.375. The van der Waals surface area contributed by atoms with Gasteiger partial charge in [0.25, 0.3) is 5.69 Å². The lowest BCUT2D eigenvalue weighted by molar-refractivity contribution is -0.385. The highest BCUT2D eigenvalue weighted by atomic mass is 35.5. The van der Waals surface area contributed by atoms with Crippen molar-refractivity contribution in [3.05, 3.63) is 103 Å². The summed E-state index contributed by atoms with van der Waals surface area (Å²) in [5.41, 5.74) is -0.0605. The van der Waals surface area contributed by atoms with Crippen LogP contribution in [-0.2, 0) is 21.6 Å². The first-order valence-corrected chi connectivity index (χ1v) is 15.4. The number of hydrogen-bond donors (Lipinski definition) is 3. The van der Waals surface area contributed by atoms with Crippen LogP contribution in [0.3, 0.4) is 0 Å². The first-order valence-electron chi connectivity index (χ1n) is 14.6. The number of amides is 1. The van der Waals surface area contributed by atoms with Gasteiger partial charge in [0.2, 0.25) is 5.91 Å². The molecule has 4 atom stereocenters. The summed E-state index contributed by atoms with van der Waals surface area (Å²) in [5, 5.41) is 29.1. The number of nitro benzene ring substituents is 1. The van der Waals surface area contributed by atoms with Crippen LogP contribution in [0.4, 0.5) is 15.8 Å². The third-order valence-electron chi connectivity index (χ3n) is 9.19. The maximum atomic E-state index is 16.1. The first-order chi connectivity index (χ1) is 21.6. The van der Waals surface area contributed by atoms with Crippen LogP contribution in [0.25, 0.3) is 0 Å². The number of aliphatic hydroxyl groups excluding tert-OH is 1. The van der Waals surface area contributed by atoms with Crippen molar-refractivity contribution in [1.82, 2.24) is 10.2 Å². The molecule has 1 saturated heterocycles. The maximum absolute atomic E-state index is 16.1. The smallest absolute Gasteiger partial charge is 0.338 e. The van der Waals surface area contributed by atoms with Crippen LogP contribution in [-0.4, -0.2) is 59.2 Å². The van der Waals surface area contributed by atoms with E-state index >= 15 is 4.39 Å². The number of nitro groups is 1. The van der Waals surface area contributed by atoms with Gasteiger partial charge >= 0.3 is 5.97 Å². The van der Waals surface area contributed by atoms with Crippen LogP contribution < -0.4 is 10.6 Å². The summed E-state index contributed by atoms with van der Waals surface area (Å²) in [6.45, 7) is 0.254. The second-order valence-corrected chi connectivity index (χ2v) is 12.5. The van der Waals surface area contributed by atoms with Crippen molar-refractivity contribution < 1.29 is 28.7 Å². The van der Waals surface area contributed by atoms with Crippen molar-refractivity contribution in [2.45, 2.75) is 49.3 Å². The molecule has 0 aromatic heterocycles. The zero-order valence-electron chi connectivity index (χ0n) is 24.3. The van der Waals surface area contributed by atoms with Gasteiger partial charge in [-0.1, -0.05) is 47.5 Å². The normalized spacial score (nSPS) is 24.1. The van der Waals surface area contributed by atoms with Gasteiger partial charge in [0, 0.05) is 65.6 Å². The molecule has 3 aromatic rings. The lowest BCUT2D eigenvalue weighted by atomic mass is 9.73. The number of hydrogen-bond acceptors (Lipinski definition) is 8. The standard InChI is InChI=1S/C32H31Cl2FN4O6/c1-45-30(41)18-7-8-19(26(13-18)39(43)44)15-36-29-25(11-12-40)38(16-17-5-6-17)32(27(29)21-3-2-4-23(34)28(21)35)22-10-9-20(33)14-24(22)37-31(32)42/h2-4,7-10,13-14,17,25,27,29,36,40H,5-6,11-12,15-16H2,1H3,(H,37,42)/t25-,27-,29+,32+/m0/s1. The highest BCUT2D eigenvalue weighted by molar-refractivity contribution is 6.31. The highest BCUT2D eigenvalue weighted by Gasteiger charge is 2.67. The molecule has 3 N–H and O–H groups in total. The molecule has 3 aliphatic rings. The van der Waals surface area contributed by atoms with Gasteiger partial charge in [0.15, 0.2) is 0 Å². The van der Waals surface area contributed by atoms with Crippen LogP contribution >= 0.6 is 23.2 Å². The van der Waals surface area contributed by atoms with Crippen molar-refractivity contribution in [2.75, 3.05) is 25.6 Å². The highest BCUT2D eigenvalue weighted by Crippen LogP contribution is 2.59. The Kier molecular flexibility index (Phi) is 8.57. The molecule has 45 heavy (non-hydrogen) atoms. The zero-order chi connectivity index (χ0) is 32.0. The lowest BCUT2D eigenvalue weighted by Crippen LogP contribution is -2.52. The van der Waals surface area contributed by atoms with Gasteiger partial charge in [0.05, 0.1) is 22.6 Å². The zero-order valence-corrected chi connectivity index (χ0v) is 25.8. The van der Waals surface area contributed by atoms with Gasteiger partial charge in [-0.05, 0) is 55.0 Å². The molecule has 1 aliphatic carbocycles. The second-order valence-electron chi connectivity index (χ2n) is 11.7. The average molecular weight is 658 g/mol. The molecule has 0 unspecified atom stereocenters. The summed E-state index contributed by atoms with van der Waals surface area (Å²) in [6, 6.07) is 12.7. The Bertz CT molecular complexity index is 1690. The van der Waals surface area contributed by atoms with E-state index in [1.807, 2.05) is 0 Å². The Labute approximate surface area is 268 Å². The SMILES string of the molecule is COC(=O)c1ccc(CN[C@@H]2[C@H](CCO)N(CC3CC3)[C@@]3(C(=O)Nc4cc(Cl)ccc43)[C@H]2c2cccc(Cl)c2F)c([N+](=O)[O-])c1. The Morgan fingerprint density at radius 3 is 2.69 bits per heavy atom. The average Bonchev–Trinajstić information content (AvgIpc) is 3.75. The minimum atomic E-state index is -1.41. The van der Waals surface area contributed by atoms with E-state index in [9.17, 15) is 24.8 Å². The fourth-order valence-electron chi connectivity index (χ4n) is 7.12. The van der Waals surface area contributed by atoms with Gasteiger partial charge in [-0.3, -0.25) is 19.8 Å². The molecule has 0 bridgehead atoms. The van der Waals surface area contributed by atoms with Gasteiger partial charge in [-0.2, -0.15) is 0 Å². The van der Waals surface area contributed by atoms with E-state index in [-0.39, 0.29) is 52.9 Å². The van der Waals surface area contributed by atoms with Crippen LogP contribution in [0.1, 0.15) is 52.2 Å². The largest absolute Gasteiger partial charge is 0.465 e. The fourth-order valence-corrected chi connectivity index (χ4v) is 7.47. The van der Waals surface area contributed by atoms with E-state index in [1.165, 1.54) is 25.3 Å². The molecular formula is C32H31Cl2FN4O6. The molecule has 6 rings (SSSR count). The van der Waals surface area contributed by atoms with Crippen LogP contribution in [0, 0.1) is 21.8 Å².